The summed E-state index contributed by atoms with van der Waals surface area (Å²) in [5.41, 5.74) is 0.978. The normalized spacial score (nSPS) is 11.2. The second kappa shape index (κ2) is 6.08. The minimum Gasteiger partial charge on any atom is -0.468 e. The summed E-state index contributed by atoms with van der Waals surface area (Å²) in [5.74, 6) is -0.645. The molecular weight excluding hydrogens is 307 g/mol. The summed E-state index contributed by atoms with van der Waals surface area (Å²) in [6.45, 7) is 0.366. The Morgan fingerprint density at radius 3 is 2.71 bits per heavy atom. The maximum Gasteiger partial charge on any atom is 0.422 e. The smallest absolute Gasteiger partial charge is 0.422 e. The summed E-state index contributed by atoms with van der Waals surface area (Å²) < 4.78 is 40.4. The fourth-order valence-corrected chi connectivity index (χ4v) is 2.02. The molecule has 2 aromatic heterocycles. The molecule has 112 valence electrons. The quantitative estimate of drug-likeness (QED) is 0.941. The minimum atomic E-state index is -4.43. The van der Waals surface area contributed by atoms with E-state index >= 15 is 0 Å². The van der Waals surface area contributed by atoms with Gasteiger partial charge in [-0.25, -0.2) is 9.97 Å². The van der Waals surface area contributed by atoms with E-state index in [4.69, 9.17) is 0 Å². The monoisotopic (exact) mass is 317 g/mol. The van der Waals surface area contributed by atoms with E-state index in [1.54, 1.807) is 12.3 Å². The lowest BCUT2D eigenvalue weighted by Crippen LogP contribution is -2.19. The third-order valence-corrected chi connectivity index (χ3v) is 3.10. The molecule has 0 atom stereocenters. The first-order chi connectivity index (χ1) is 9.83. The van der Waals surface area contributed by atoms with Crippen LogP contribution in [0.2, 0.25) is 0 Å². The standard InChI is InChI=1S/C12H10F3N3O2S/c1-7-5-21-11(17-7)18-10(19)8-2-3-9(16-4-8)20-6-12(13,14)15/h2-5H,6H2,1H3,(H,17,18,19). The molecule has 0 aliphatic rings. The van der Waals surface area contributed by atoms with E-state index in [1.165, 1.54) is 23.5 Å². The van der Waals surface area contributed by atoms with Gasteiger partial charge in [-0.05, 0) is 13.0 Å². The number of nitrogens with one attached hydrogen (secondary N) is 1. The average molecular weight is 317 g/mol. The van der Waals surface area contributed by atoms with E-state index in [0.717, 1.165) is 11.9 Å². The lowest BCUT2D eigenvalue weighted by Gasteiger charge is -2.08. The summed E-state index contributed by atoms with van der Waals surface area (Å²) in [6.07, 6.45) is -3.29. The predicted molar refractivity (Wildman–Crippen MR) is 70.6 cm³/mol. The third-order valence-electron chi connectivity index (χ3n) is 2.22. The van der Waals surface area contributed by atoms with Crippen LogP contribution in [0.15, 0.2) is 23.7 Å². The van der Waals surface area contributed by atoms with Crippen molar-refractivity contribution in [2.24, 2.45) is 0 Å². The third kappa shape index (κ3) is 4.71. The van der Waals surface area contributed by atoms with Crippen molar-refractivity contribution in [3.8, 4) is 5.88 Å². The number of rotatable bonds is 4. The van der Waals surface area contributed by atoms with E-state index in [2.05, 4.69) is 20.0 Å². The molecule has 0 saturated heterocycles. The number of nitrogens with zero attached hydrogens (tertiary/aromatic N) is 2. The minimum absolute atomic E-state index is 0.196. The molecule has 9 heteroatoms. The number of carbonyl (C=O) groups excluding carboxylic acids is 1. The van der Waals surface area contributed by atoms with Gasteiger partial charge in [-0.15, -0.1) is 11.3 Å². The molecule has 1 amide bonds. The molecule has 2 rings (SSSR count). The molecule has 0 aliphatic carbocycles. The van der Waals surface area contributed by atoms with Crippen LogP contribution in [-0.4, -0.2) is 28.7 Å². The van der Waals surface area contributed by atoms with Crippen LogP contribution in [0, 0.1) is 6.92 Å². The van der Waals surface area contributed by atoms with Crippen molar-refractivity contribution in [2.45, 2.75) is 13.1 Å². The Bertz CT molecular complexity index is 625. The van der Waals surface area contributed by atoms with Crippen LogP contribution in [-0.2, 0) is 0 Å². The summed E-state index contributed by atoms with van der Waals surface area (Å²) in [7, 11) is 0. The number of hydrogen-bond acceptors (Lipinski definition) is 5. The zero-order valence-corrected chi connectivity index (χ0v) is 11.6. The summed E-state index contributed by atoms with van der Waals surface area (Å²) in [5, 5.41) is 4.78. The van der Waals surface area contributed by atoms with Crippen molar-refractivity contribution in [3.05, 3.63) is 35.0 Å². The van der Waals surface area contributed by atoms with E-state index in [1.807, 2.05) is 0 Å². The molecule has 21 heavy (non-hydrogen) atoms. The first-order valence-electron chi connectivity index (χ1n) is 5.72. The topological polar surface area (TPSA) is 64.1 Å². The Morgan fingerprint density at radius 1 is 1.43 bits per heavy atom. The van der Waals surface area contributed by atoms with E-state index < -0.39 is 18.7 Å². The van der Waals surface area contributed by atoms with Crippen molar-refractivity contribution >= 4 is 22.4 Å². The highest BCUT2D eigenvalue weighted by atomic mass is 32.1. The largest absolute Gasteiger partial charge is 0.468 e. The van der Waals surface area contributed by atoms with Crippen LogP contribution in [0.1, 0.15) is 16.1 Å². The van der Waals surface area contributed by atoms with Gasteiger partial charge in [-0.3, -0.25) is 10.1 Å². The lowest BCUT2D eigenvalue weighted by atomic mass is 10.3. The zero-order valence-electron chi connectivity index (χ0n) is 10.8. The number of hydrogen-bond donors (Lipinski definition) is 1. The van der Waals surface area contributed by atoms with Gasteiger partial charge in [0.2, 0.25) is 5.88 Å². The summed E-state index contributed by atoms with van der Waals surface area (Å²) in [6, 6.07) is 2.53. The highest BCUT2D eigenvalue weighted by Crippen LogP contribution is 2.18. The van der Waals surface area contributed by atoms with Crippen molar-refractivity contribution < 1.29 is 22.7 Å². The highest BCUT2D eigenvalue weighted by molar-refractivity contribution is 7.13. The summed E-state index contributed by atoms with van der Waals surface area (Å²) >= 11 is 1.27. The first-order valence-corrected chi connectivity index (χ1v) is 6.60. The van der Waals surface area contributed by atoms with Crippen LogP contribution < -0.4 is 10.1 Å². The zero-order chi connectivity index (χ0) is 15.5. The van der Waals surface area contributed by atoms with Gasteiger partial charge in [0, 0.05) is 17.6 Å². The number of anilines is 1. The van der Waals surface area contributed by atoms with E-state index in [9.17, 15) is 18.0 Å². The molecular formula is C12H10F3N3O2S. The molecule has 0 bridgehead atoms. The molecule has 0 spiro atoms. The van der Waals surface area contributed by atoms with Gasteiger partial charge in [0.05, 0.1) is 11.3 Å². The van der Waals surface area contributed by atoms with Gasteiger partial charge >= 0.3 is 6.18 Å². The van der Waals surface area contributed by atoms with Crippen molar-refractivity contribution in [1.29, 1.82) is 0 Å². The van der Waals surface area contributed by atoms with Gasteiger partial charge in [0.15, 0.2) is 11.7 Å². The number of pyridine rings is 1. The maximum atomic E-state index is 12.0. The Balaban J connectivity index is 1.96. The Morgan fingerprint density at radius 2 is 2.19 bits per heavy atom. The van der Waals surface area contributed by atoms with Crippen molar-refractivity contribution in [1.82, 2.24) is 9.97 Å². The van der Waals surface area contributed by atoms with Crippen molar-refractivity contribution in [2.75, 3.05) is 11.9 Å². The maximum absolute atomic E-state index is 12.0. The second-order valence-corrected chi connectivity index (χ2v) is 4.90. The van der Waals surface area contributed by atoms with E-state index in [-0.39, 0.29) is 11.4 Å². The SMILES string of the molecule is Cc1csc(NC(=O)c2ccc(OCC(F)(F)F)nc2)n1. The van der Waals surface area contributed by atoms with Crippen molar-refractivity contribution in [3.63, 3.8) is 0 Å². The Hall–Kier alpha value is -2.16. The molecule has 0 aliphatic heterocycles. The average Bonchev–Trinajstić information content (AvgIpc) is 2.81. The number of alkyl halides is 3. The van der Waals surface area contributed by atoms with Crippen LogP contribution >= 0.6 is 11.3 Å². The number of ether oxygens (including phenoxy) is 1. The lowest BCUT2D eigenvalue weighted by molar-refractivity contribution is -0.154. The Kier molecular flexibility index (Phi) is 4.41. The highest BCUT2D eigenvalue weighted by Gasteiger charge is 2.28. The second-order valence-electron chi connectivity index (χ2n) is 4.04. The van der Waals surface area contributed by atoms with Gasteiger partial charge in [-0.2, -0.15) is 13.2 Å². The molecule has 0 unspecified atom stereocenters. The number of aromatic nitrogens is 2. The fourth-order valence-electron chi connectivity index (χ4n) is 1.34. The predicted octanol–water partition coefficient (Wildman–Crippen LogP) is 3.04. The van der Waals surface area contributed by atoms with Gasteiger partial charge in [-0.1, -0.05) is 0 Å². The molecule has 0 radical (unpaired) electrons. The van der Waals surface area contributed by atoms with Crippen LogP contribution in [0.3, 0.4) is 0 Å². The first kappa shape index (κ1) is 15.2. The Labute approximate surface area is 121 Å². The molecule has 5 nitrogen and oxygen atoms in total. The molecule has 0 aromatic carbocycles. The number of thiazole rings is 1. The van der Waals surface area contributed by atoms with Gasteiger partial charge in [0.1, 0.15) is 0 Å². The number of aryl methyl sites for hydroxylation is 1. The fraction of sp³-hybridized carbons (Fsp3) is 0.250. The number of amides is 1. The number of halogens is 3. The molecule has 0 fully saturated rings. The van der Waals surface area contributed by atoms with Gasteiger partial charge < -0.3 is 4.74 Å². The van der Waals surface area contributed by atoms with Crippen LogP contribution in [0.5, 0.6) is 5.88 Å². The van der Waals surface area contributed by atoms with Crippen LogP contribution in [0.25, 0.3) is 0 Å². The molecule has 0 saturated carbocycles. The molecule has 1 N–H and O–H groups in total. The van der Waals surface area contributed by atoms with E-state index in [0.29, 0.717) is 5.13 Å². The molecule has 2 heterocycles. The number of carbonyl (C=O) groups is 1. The van der Waals surface area contributed by atoms with Crippen LogP contribution in [0.4, 0.5) is 18.3 Å². The summed E-state index contributed by atoms with van der Waals surface area (Å²) in [4.78, 5) is 19.6. The van der Waals surface area contributed by atoms with Gasteiger partial charge in [0.25, 0.3) is 5.91 Å². The molecule has 2 aromatic rings.